The van der Waals surface area contributed by atoms with Gasteiger partial charge in [-0.05, 0) is 49.4 Å². The van der Waals surface area contributed by atoms with Crippen molar-refractivity contribution in [1.29, 1.82) is 0 Å². The fourth-order valence-electron chi connectivity index (χ4n) is 1.23. The summed E-state index contributed by atoms with van der Waals surface area (Å²) in [5, 5.41) is 0. The van der Waals surface area contributed by atoms with Crippen LogP contribution in [-0.2, 0) is 6.42 Å². The van der Waals surface area contributed by atoms with Crippen molar-refractivity contribution in [3.8, 4) is 0 Å². The quantitative estimate of drug-likeness (QED) is 0.724. The summed E-state index contributed by atoms with van der Waals surface area (Å²) in [6.45, 7) is 2.88. The van der Waals surface area contributed by atoms with E-state index < -0.39 is 0 Å². The van der Waals surface area contributed by atoms with Gasteiger partial charge >= 0.3 is 0 Å². The average Bonchev–Trinajstić information content (AvgIpc) is 2.09. The molecular weight excluding hydrogens is 166 g/mol. The van der Waals surface area contributed by atoms with E-state index in [1.807, 2.05) is 0 Å². The number of nitrogens with two attached hydrogens (primary N) is 1. The van der Waals surface area contributed by atoms with Gasteiger partial charge in [0.15, 0.2) is 0 Å². The second kappa shape index (κ2) is 4.53. The first-order valence-electron chi connectivity index (χ1n) is 4.11. The molecule has 1 rings (SSSR count). The summed E-state index contributed by atoms with van der Waals surface area (Å²) in [6.07, 6.45) is 3.08. The monoisotopic (exact) mass is 181 g/mol. The van der Waals surface area contributed by atoms with Crippen molar-refractivity contribution in [2.45, 2.75) is 18.2 Å². The van der Waals surface area contributed by atoms with Gasteiger partial charge in [-0.3, -0.25) is 0 Å². The normalized spacial score (nSPS) is 10.2. The van der Waals surface area contributed by atoms with Crippen LogP contribution in [0.4, 0.5) is 0 Å². The van der Waals surface area contributed by atoms with E-state index in [0.717, 1.165) is 13.0 Å². The van der Waals surface area contributed by atoms with Gasteiger partial charge in [0.2, 0.25) is 0 Å². The first-order chi connectivity index (χ1) is 5.77. The zero-order valence-electron chi connectivity index (χ0n) is 7.63. The van der Waals surface area contributed by atoms with Gasteiger partial charge in [0, 0.05) is 4.90 Å². The Balaban J connectivity index is 2.87. The Bertz CT molecular complexity index is 258. The maximum atomic E-state index is 5.49. The van der Waals surface area contributed by atoms with Gasteiger partial charge in [-0.2, -0.15) is 0 Å². The number of rotatable bonds is 3. The van der Waals surface area contributed by atoms with Crippen LogP contribution in [0, 0.1) is 6.92 Å². The van der Waals surface area contributed by atoms with Gasteiger partial charge in [-0.25, -0.2) is 0 Å². The number of hydrogen-bond acceptors (Lipinski definition) is 2. The van der Waals surface area contributed by atoms with Crippen LogP contribution in [-0.4, -0.2) is 12.8 Å². The van der Waals surface area contributed by atoms with Crippen molar-refractivity contribution in [2.75, 3.05) is 12.8 Å². The molecule has 0 aliphatic carbocycles. The van der Waals surface area contributed by atoms with Crippen molar-refractivity contribution >= 4 is 11.8 Å². The SMILES string of the molecule is CSc1ccc(CCN)c(C)c1. The Morgan fingerprint density at radius 1 is 1.42 bits per heavy atom. The lowest BCUT2D eigenvalue weighted by molar-refractivity contribution is 0.955. The molecule has 0 spiro atoms. The van der Waals surface area contributed by atoms with Crippen molar-refractivity contribution in [2.24, 2.45) is 5.73 Å². The smallest absolute Gasteiger partial charge is 0.00719 e. The van der Waals surface area contributed by atoms with E-state index in [-0.39, 0.29) is 0 Å². The third-order valence-electron chi connectivity index (χ3n) is 1.96. The standard InChI is InChI=1S/C10H15NS/c1-8-7-10(12-2)4-3-9(8)5-6-11/h3-4,7H,5-6,11H2,1-2H3. The zero-order valence-corrected chi connectivity index (χ0v) is 8.45. The molecule has 0 amide bonds. The second-order valence-corrected chi connectivity index (χ2v) is 3.71. The number of benzene rings is 1. The molecule has 0 atom stereocenters. The summed E-state index contributed by atoms with van der Waals surface area (Å²) >= 11 is 1.78. The first kappa shape index (κ1) is 9.62. The molecule has 0 saturated heterocycles. The largest absolute Gasteiger partial charge is 0.330 e. The first-order valence-corrected chi connectivity index (χ1v) is 5.34. The minimum Gasteiger partial charge on any atom is -0.330 e. The molecule has 0 aromatic heterocycles. The summed E-state index contributed by atoms with van der Waals surface area (Å²) in [6, 6.07) is 6.55. The maximum absolute atomic E-state index is 5.49. The number of thioether (sulfide) groups is 1. The predicted molar refractivity (Wildman–Crippen MR) is 55.7 cm³/mol. The summed E-state index contributed by atoms with van der Waals surface area (Å²) in [7, 11) is 0. The molecule has 0 aliphatic heterocycles. The Hall–Kier alpha value is -0.470. The van der Waals surface area contributed by atoms with Crippen molar-refractivity contribution in [3.05, 3.63) is 29.3 Å². The van der Waals surface area contributed by atoms with E-state index in [4.69, 9.17) is 5.73 Å². The van der Waals surface area contributed by atoms with Crippen LogP contribution in [0.1, 0.15) is 11.1 Å². The van der Waals surface area contributed by atoms with Crippen LogP contribution in [0.3, 0.4) is 0 Å². The summed E-state index contributed by atoms with van der Waals surface area (Å²) in [4.78, 5) is 1.33. The molecule has 12 heavy (non-hydrogen) atoms. The molecule has 1 aromatic rings. The van der Waals surface area contributed by atoms with E-state index in [1.54, 1.807) is 11.8 Å². The van der Waals surface area contributed by atoms with E-state index in [2.05, 4.69) is 31.4 Å². The van der Waals surface area contributed by atoms with Gasteiger partial charge in [0.1, 0.15) is 0 Å². The molecule has 0 unspecified atom stereocenters. The van der Waals surface area contributed by atoms with Crippen LogP contribution in [0.2, 0.25) is 0 Å². The Kier molecular flexibility index (Phi) is 3.63. The van der Waals surface area contributed by atoms with Crippen LogP contribution < -0.4 is 5.73 Å². The van der Waals surface area contributed by atoms with Crippen LogP contribution in [0.15, 0.2) is 23.1 Å². The maximum Gasteiger partial charge on any atom is 0.00719 e. The third kappa shape index (κ3) is 2.26. The average molecular weight is 181 g/mol. The van der Waals surface area contributed by atoms with Gasteiger partial charge in [0.05, 0.1) is 0 Å². The molecule has 2 heteroatoms. The van der Waals surface area contributed by atoms with E-state index in [9.17, 15) is 0 Å². The van der Waals surface area contributed by atoms with Crippen LogP contribution in [0.5, 0.6) is 0 Å². The van der Waals surface area contributed by atoms with E-state index >= 15 is 0 Å². The molecular formula is C10H15NS. The molecule has 0 saturated carbocycles. The number of aryl methyl sites for hydroxylation is 1. The molecule has 0 heterocycles. The van der Waals surface area contributed by atoms with Crippen LogP contribution >= 0.6 is 11.8 Å². The van der Waals surface area contributed by atoms with E-state index in [0.29, 0.717) is 0 Å². The minimum atomic E-state index is 0.736. The summed E-state index contributed by atoms with van der Waals surface area (Å²) in [5.74, 6) is 0. The molecule has 0 bridgehead atoms. The fourth-order valence-corrected chi connectivity index (χ4v) is 1.73. The van der Waals surface area contributed by atoms with Gasteiger partial charge in [-0.15, -0.1) is 11.8 Å². The molecule has 0 aliphatic rings. The minimum absolute atomic E-state index is 0.736. The molecule has 1 aromatic carbocycles. The summed E-state index contributed by atoms with van der Waals surface area (Å²) in [5.41, 5.74) is 8.22. The zero-order chi connectivity index (χ0) is 8.97. The van der Waals surface area contributed by atoms with Crippen molar-refractivity contribution < 1.29 is 0 Å². The van der Waals surface area contributed by atoms with Gasteiger partial charge < -0.3 is 5.73 Å². The fraction of sp³-hybridized carbons (Fsp3) is 0.400. The highest BCUT2D eigenvalue weighted by Gasteiger charge is 1.97. The molecule has 0 fully saturated rings. The van der Waals surface area contributed by atoms with Gasteiger partial charge in [0.25, 0.3) is 0 Å². The second-order valence-electron chi connectivity index (χ2n) is 2.83. The Morgan fingerprint density at radius 3 is 2.67 bits per heavy atom. The summed E-state index contributed by atoms with van der Waals surface area (Å²) < 4.78 is 0. The molecule has 2 N–H and O–H groups in total. The number of hydrogen-bond donors (Lipinski definition) is 1. The predicted octanol–water partition coefficient (Wildman–Crippen LogP) is 2.22. The highest BCUT2D eigenvalue weighted by atomic mass is 32.2. The van der Waals surface area contributed by atoms with Crippen LogP contribution in [0.25, 0.3) is 0 Å². The highest BCUT2D eigenvalue weighted by Crippen LogP contribution is 2.18. The third-order valence-corrected chi connectivity index (χ3v) is 2.69. The van der Waals surface area contributed by atoms with Crippen molar-refractivity contribution in [3.63, 3.8) is 0 Å². The highest BCUT2D eigenvalue weighted by molar-refractivity contribution is 7.98. The molecule has 1 nitrogen and oxygen atoms in total. The Labute approximate surface area is 78.4 Å². The van der Waals surface area contributed by atoms with Gasteiger partial charge in [-0.1, -0.05) is 6.07 Å². The lowest BCUT2D eigenvalue weighted by Crippen LogP contribution is -2.03. The molecule has 66 valence electrons. The lowest BCUT2D eigenvalue weighted by Gasteiger charge is -2.05. The lowest BCUT2D eigenvalue weighted by atomic mass is 10.1. The topological polar surface area (TPSA) is 26.0 Å². The molecule has 0 radical (unpaired) electrons. The Morgan fingerprint density at radius 2 is 2.17 bits per heavy atom. The van der Waals surface area contributed by atoms with Crippen molar-refractivity contribution in [1.82, 2.24) is 0 Å². The van der Waals surface area contributed by atoms with E-state index in [1.165, 1.54) is 16.0 Å².